The number of esters is 1. The van der Waals surface area contributed by atoms with Gasteiger partial charge in [-0.3, -0.25) is 0 Å². The van der Waals surface area contributed by atoms with E-state index in [1.54, 1.807) is 30.5 Å². The van der Waals surface area contributed by atoms with Crippen molar-refractivity contribution in [2.24, 2.45) is 0 Å². The van der Waals surface area contributed by atoms with Crippen LogP contribution in [0.15, 0.2) is 41.1 Å². The molecule has 2 aromatic rings. The zero-order valence-electron chi connectivity index (χ0n) is 6.69. The molecule has 13 heavy (non-hydrogen) atoms. The molecule has 0 aliphatic carbocycles. The molecule has 0 radical (unpaired) electrons. The Morgan fingerprint density at radius 3 is 2.92 bits per heavy atom. The van der Waals surface area contributed by atoms with Crippen molar-refractivity contribution in [3.63, 3.8) is 0 Å². The lowest BCUT2D eigenvalue weighted by molar-refractivity contribution is 0.0695. The number of aromatic amines is 1. The number of hydrogen-bond acceptors (Lipinski definition) is 3. The van der Waals surface area contributed by atoms with Gasteiger partial charge in [0.05, 0.1) is 6.26 Å². The standard InChI is InChI=1S/C9H7NO3/c11-9(7-3-2-6-12-7)13-8-4-1-5-10-8/h1-6,10H. The summed E-state index contributed by atoms with van der Waals surface area (Å²) in [5.41, 5.74) is 0. The van der Waals surface area contributed by atoms with Gasteiger partial charge in [0.25, 0.3) is 0 Å². The average Bonchev–Trinajstić information content (AvgIpc) is 2.74. The zero-order valence-corrected chi connectivity index (χ0v) is 6.69. The Morgan fingerprint density at radius 2 is 2.31 bits per heavy atom. The van der Waals surface area contributed by atoms with Crippen LogP contribution < -0.4 is 4.74 Å². The molecule has 0 saturated heterocycles. The number of H-pyrrole nitrogens is 1. The first-order chi connectivity index (χ1) is 6.36. The predicted octanol–water partition coefficient (Wildman–Crippen LogP) is 1.83. The van der Waals surface area contributed by atoms with Crippen molar-refractivity contribution in [1.82, 2.24) is 4.98 Å². The fraction of sp³-hybridized carbons (Fsp3) is 0. The zero-order chi connectivity index (χ0) is 9.10. The summed E-state index contributed by atoms with van der Waals surface area (Å²) in [7, 11) is 0. The first-order valence-electron chi connectivity index (χ1n) is 3.75. The first kappa shape index (κ1) is 7.67. The van der Waals surface area contributed by atoms with E-state index in [1.165, 1.54) is 6.26 Å². The summed E-state index contributed by atoms with van der Waals surface area (Å²) in [6, 6.07) is 6.57. The molecule has 4 heteroatoms. The SMILES string of the molecule is O=C(Oc1ccc[nH]1)c1ccco1. The minimum Gasteiger partial charge on any atom is -0.457 e. The van der Waals surface area contributed by atoms with Gasteiger partial charge in [-0.1, -0.05) is 0 Å². The summed E-state index contributed by atoms with van der Waals surface area (Å²) in [6.45, 7) is 0. The van der Waals surface area contributed by atoms with Crippen molar-refractivity contribution in [3.05, 3.63) is 42.5 Å². The molecule has 0 amide bonds. The van der Waals surface area contributed by atoms with E-state index in [0.29, 0.717) is 5.88 Å². The molecule has 0 spiro atoms. The lowest BCUT2D eigenvalue weighted by Gasteiger charge is -1.96. The molecule has 2 aromatic heterocycles. The van der Waals surface area contributed by atoms with E-state index in [4.69, 9.17) is 9.15 Å². The second-order valence-corrected chi connectivity index (χ2v) is 2.40. The number of nitrogens with one attached hydrogen (secondary N) is 1. The molecular weight excluding hydrogens is 170 g/mol. The van der Waals surface area contributed by atoms with Crippen molar-refractivity contribution in [2.75, 3.05) is 0 Å². The summed E-state index contributed by atoms with van der Waals surface area (Å²) in [6.07, 6.45) is 3.09. The van der Waals surface area contributed by atoms with E-state index in [0.717, 1.165) is 0 Å². The molecule has 0 atom stereocenters. The third-order valence-electron chi connectivity index (χ3n) is 1.49. The largest absolute Gasteiger partial charge is 0.457 e. The van der Waals surface area contributed by atoms with Crippen LogP contribution in [0.5, 0.6) is 5.88 Å². The molecule has 0 bridgehead atoms. The molecule has 0 aromatic carbocycles. The van der Waals surface area contributed by atoms with Gasteiger partial charge in [-0.2, -0.15) is 0 Å². The summed E-state index contributed by atoms with van der Waals surface area (Å²) < 4.78 is 9.77. The minimum absolute atomic E-state index is 0.189. The molecule has 4 nitrogen and oxygen atoms in total. The molecule has 1 N–H and O–H groups in total. The Hall–Kier alpha value is -1.97. The number of carbonyl (C=O) groups is 1. The average molecular weight is 177 g/mol. The Bertz CT molecular complexity index is 375. The molecule has 2 rings (SSSR count). The lowest BCUT2D eigenvalue weighted by atomic mass is 10.5. The molecule has 0 fully saturated rings. The second-order valence-electron chi connectivity index (χ2n) is 2.40. The van der Waals surface area contributed by atoms with Crippen molar-refractivity contribution in [1.29, 1.82) is 0 Å². The second kappa shape index (κ2) is 3.18. The molecule has 0 unspecified atom stereocenters. The third-order valence-corrected chi connectivity index (χ3v) is 1.49. The molecule has 2 heterocycles. The van der Waals surface area contributed by atoms with Crippen molar-refractivity contribution >= 4 is 5.97 Å². The van der Waals surface area contributed by atoms with Crippen molar-refractivity contribution in [3.8, 4) is 5.88 Å². The van der Waals surface area contributed by atoms with Crippen LogP contribution in [0, 0.1) is 0 Å². The normalized spacial score (nSPS) is 9.85. The van der Waals surface area contributed by atoms with E-state index >= 15 is 0 Å². The number of aromatic nitrogens is 1. The number of ether oxygens (including phenoxy) is 1. The lowest BCUT2D eigenvalue weighted by Crippen LogP contribution is -2.06. The van der Waals surface area contributed by atoms with Gasteiger partial charge < -0.3 is 14.1 Å². The first-order valence-corrected chi connectivity index (χ1v) is 3.75. The molecule has 0 aliphatic heterocycles. The highest BCUT2D eigenvalue weighted by atomic mass is 16.6. The van der Waals surface area contributed by atoms with Gasteiger partial charge in [-0.05, 0) is 18.2 Å². The Labute approximate surface area is 74.1 Å². The van der Waals surface area contributed by atoms with Crippen molar-refractivity contribution < 1.29 is 13.9 Å². The van der Waals surface area contributed by atoms with Gasteiger partial charge >= 0.3 is 5.97 Å². The van der Waals surface area contributed by atoms with Gasteiger partial charge in [0, 0.05) is 12.3 Å². The van der Waals surface area contributed by atoms with Crippen LogP contribution in [-0.4, -0.2) is 11.0 Å². The van der Waals surface area contributed by atoms with Gasteiger partial charge in [-0.25, -0.2) is 4.79 Å². The maximum absolute atomic E-state index is 11.2. The fourth-order valence-corrected chi connectivity index (χ4v) is 0.922. The highest BCUT2D eigenvalue weighted by molar-refractivity contribution is 5.87. The van der Waals surface area contributed by atoms with Crippen LogP contribution in [-0.2, 0) is 0 Å². The predicted molar refractivity (Wildman–Crippen MR) is 44.5 cm³/mol. The van der Waals surface area contributed by atoms with Crippen LogP contribution in [0.4, 0.5) is 0 Å². The Morgan fingerprint density at radius 1 is 1.38 bits per heavy atom. The summed E-state index contributed by atoms with van der Waals surface area (Å²) in [5.74, 6) is 0.0865. The maximum Gasteiger partial charge on any atom is 0.380 e. The molecule has 0 aliphatic rings. The van der Waals surface area contributed by atoms with Crippen LogP contribution in [0.2, 0.25) is 0 Å². The maximum atomic E-state index is 11.2. The molecule has 66 valence electrons. The topological polar surface area (TPSA) is 55.2 Å². The summed E-state index contributed by atoms with van der Waals surface area (Å²) >= 11 is 0. The van der Waals surface area contributed by atoms with E-state index in [2.05, 4.69) is 4.98 Å². The van der Waals surface area contributed by atoms with Crippen LogP contribution >= 0.6 is 0 Å². The highest BCUT2D eigenvalue weighted by Crippen LogP contribution is 2.08. The van der Waals surface area contributed by atoms with Gasteiger partial charge in [0.15, 0.2) is 0 Å². The van der Waals surface area contributed by atoms with Gasteiger partial charge in [0.1, 0.15) is 0 Å². The number of rotatable bonds is 2. The number of hydrogen-bond donors (Lipinski definition) is 1. The highest BCUT2D eigenvalue weighted by Gasteiger charge is 2.10. The van der Waals surface area contributed by atoms with Crippen LogP contribution in [0.25, 0.3) is 0 Å². The van der Waals surface area contributed by atoms with E-state index in [9.17, 15) is 4.79 Å². The van der Waals surface area contributed by atoms with Gasteiger partial charge in [-0.15, -0.1) is 0 Å². The summed E-state index contributed by atoms with van der Waals surface area (Å²) in [4.78, 5) is 14.0. The van der Waals surface area contributed by atoms with E-state index in [-0.39, 0.29) is 5.76 Å². The monoisotopic (exact) mass is 177 g/mol. The fourth-order valence-electron chi connectivity index (χ4n) is 0.922. The van der Waals surface area contributed by atoms with E-state index in [1.807, 2.05) is 0 Å². The van der Waals surface area contributed by atoms with E-state index < -0.39 is 5.97 Å². The Balaban J connectivity index is 2.08. The molecular formula is C9H7NO3. The van der Waals surface area contributed by atoms with Gasteiger partial charge in [0.2, 0.25) is 11.6 Å². The molecule has 0 saturated carbocycles. The number of carbonyl (C=O) groups excluding carboxylic acids is 1. The van der Waals surface area contributed by atoms with Crippen molar-refractivity contribution in [2.45, 2.75) is 0 Å². The third kappa shape index (κ3) is 1.61. The Kier molecular flexibility index (Phi) is 1.88. The van der Waals surface area contributed by atoms with Crippen LogP contribution in [0.3, 0.4) is 0 Å². The smallest absolute Gasteiger partial charge is 0.380 e. The quantitative estimate of drug-likeness (QED) is 0.712. The van der Waals surface area contributed by atoms with Crippen LogP contribution in [0.1, 0.15) is 10.6 Å². The number of furan rings is 1. The summed E-state index contributed by atoms with van der Waals surface area (Å²) in [5, 5.41) is 0. The minimum atomic E-state index is -0.507.